The summed E-state index contributed by atoms with van der Waals surface area (Å²) < 4.78 is 0. The van der Waals surface area contributed by atoms with Crippen molar-refractivity contribution < 1.29 is 9.90 Å². The number of nitrogens with zero attached hydrogens (tertiary/aromatic N) is 1. The van der Waals surface area contributed by atoms with Crippen molar-refractivity contribution in [2.45, 2.75) is 6.10 Å². The molecule has 1 atom stereocenters. The van der Waals surface area contributed by atoms with E-state index < -0.39 is 12.0 Å². The van der Waals surface area contributed by atoms with Gasteiger partial charge in [0.15, 0.2) is 0 Å². The number of amides is 1. The Balaban J connectivity index is 2.62. The van der Waals surface area contributed by atoms with E-state index in [1.54, 1.807) is 30.3 Å². The standard InChI is InChI=1S/C9H8N2O2/c10-6-8(12)9(13)11-7-4-2-1-3-5-7/h1-5,8,12H,(H,11,13). The molecule has 4 heteroatoms. The highest BCUT2D eigenvalue weighted by Gasteiger charge is 2.12. The summed E-state index contributed by atoms with van der Waals surface area (Å²) in [4.78, 5) is 11.0. The van der Waals surface area contributed by atoms with Crippen molar-refractivity contribution in [1.82, 2.24) is 0 Å². The molecule has 0 radical (unpaired) electrons. The fourth-order valence-corrected chi connectivity index (χ4v) is 0.791. The molecule has 0 spiro atoms. The topological polar surface area (TPSA) is 73.1 Å². The van der Waals surface area contributed by atoms with Crippen LogP contribution < -0.4 is 5.32 Å². The molecular formula is C9H8N2O2. The summed E-state index contributed by atoms with van der Waals surface area (Å²) >= 11 is 0. The molecule has 13 heavy (non-hydrogen) atoms. The second kappa shape index (κ2) is 4.24. The average molecular weight is 176 g/mol. The summed E-state index contributed by atoms with van der Waals surface area (Å²) in [7, 11) is 0. The van der Waals surface area contributed by atoms with Crippen LogP contribution in [0.3, 0.4) is 0 Å². The second-order valence-corrected chi connectivity index (χ2v) is 2.39. The lowest BCUT2D eigenvalue weighted by Gasteiger charge is -2.04. The van der Waals surface area contributed by atoms with Crippen LogP contribution in [-0.2, 0) is 4.79 Å². The summed E-state index contributed by atoms with van der Waals surface area (Å²) in [6.45, 7) is 0. The molecule has 2 N–H and O–H groups in total. The highest BCUT2D eigenvalue weighted by atomic mass is 16.3. The van der Waals surface area contributed by atoms with E-state index >= 15 is 0 Å². The number of hydrogen-bond acceptors (Lipinski definition) is 3. The van der Waals surface area contributed by atoms with E-state index in [1.807, 2.05) is 0 Å². The Morgan fingerprint density at radius 2 is 2.08 bits per heavy atom. The highest BCUT2D eigenvalue weighted by molar-refractivity contribution is 5.95. The molecule has 0 bridgehead atoms. The van der Waals surface area contributed by atoms with Crippen molar-refractivity contribution in [2.75, 3.05) is 5.32 Å². The molecular weight excluding hydrogens is 168 g/mol. The summed E-state index contributed by atoms with van der Waals surface area (Å²) in [5, 5.41) is 19.4. The van der Waals surface area contributed by atoms with Crippen LogP contribution in [0.4, 0.5) is 5.69 Å². The van der Waals surface area contributed by atoms with Crippen LogP contribution in [-0.4, -0.2) is 17.1 Å². The van der Waals surface area contributed by atoms with Gasteiger partial charge in [0, 0.05) is 5.69 Å². The van der Waals surface area contributed by atoms with Gasteiger partial charge in [-0.15, -0.1) is 0 Å². The van der Waals surface area contributed by atoms with Crippen molar-refractivity contribution in [3.05, 3.63) is 30.3 Å². The number of aliphatic hydroxyl groups is 1. The van der Waals surface area contributed by atoms with Crippen LogP contribution in [0.2, 0.25) is 0 Å². The first-order chi connectivity index (χ1) is 6.24. The molecule has 0 heterocycles. The monoisotopic (exact) mass is 176 g/mol. The molecule has 1 unspecified atom stereocenters. The van der Waals surface area contributed by atoms with E-state index in [2.05, 4.69) is 5.32 Å². The van der Waals surface area contributed by atoms with Gasteiger partial charge in [-0.3, -0.25) is 4.79 Å². The summed E-state index contributed by atoms with van der Waals surface area (Å²) in [5.74, 6) is -0.714. The molecule has 1 aromatic carbocycles. The number of hydrogen-bond donors (Lipinski definition) is 2. The van der Waals surface area contributed by atoms with Crippen LogP contribution in [0.5, 0.6) is 0 Å². The van der Waals surface area contributed by atoms with E-state index in [0.717, 1.165) is 0 Å². The first-order valence-electron chi connectivity index (χ1n) is 3.67. The molecule has 0 aliphatic heterocycles. The maximum absolute atomic E-state index is 11.0. The van der Waals surface area contributed by atoms with E-state index in [4.69, 9.17) is 10.4 Å². The molecule has 66 valence electrons. The van der Waals surface area contributed by atoms with Crippen LogP contribution in [0.15, 0.2) is 30.3 Å². The van der Waals surface area contributed by atoms with Crippen molar-refractivity contribution in [3.63, 3.8) is 0 Å². The summed E-state index contributed by atoms with van der Waals surface area (Å²) in [6.07, 6.45) is -1.61. The van der Waals surface area contributed by atoms with Gasteiger partial charge in [0.2, 0.25) is 6.10 Å². The molecule has 0 aliphatic rings. The molecule has 1 aromatic rings. The number of nitriles is 1. The molecule has 1 rings (SSSR count). The van der Waals surface area contributed by atoms with Crippen LogP contribution in [0.1, 0.15) is 0 Å². The fraction of sp³-hybridized carbons (Fsp3) is 0.111. The molecule has 4 nitrogen and oxygen atoms in total. The Hall–Kier alpha value is -1.86. The lowest BCUT2D eigenvalue weighted by Crippen LogP contribution is -2.25. The number of nitrogens with one attached hydrogen (secondary N) is 1. The van der Waals surface area contributed by atoms with Gasteiger partial charge in [0.25, 0.3) is 5.91 Å². The Morgan fingerprint density at radius 3 is 2.62 bits per heavy atom. The van der Waals surface area contributed by atoms with Crippen molar-refractivity contribution in [2.24, 2.45) is 0 Å². The third kappa shape index (κ3) is 2.58. The second-order valence-electron chi connectivity index (χ2n) is 2.39. The van der Waals surface area contributed by atoms with Gasteiger partial charge < -0.3 is 10.4 Å². The quantitative estimate of drug-likeness (QED) is 0.645. The number of carbonyl (C=O) groups is 1. The van der Waals surface area contributed by atoms with Gasteiger partial charge in [-0.25, -0.2) is 0 Å². The van der Waals surface area contributed by atoms with E-state index in [9.17, 15) is 4.79 Å². The van der Waals surface area contributed by atoms with Crippen molar-refractivity contribution in [3.8, 4) is 6.07 Å². The lowest BCUT2D eigenvalue weighted by molar-refractivity contribution is -0.121. The van der Waals surface area contributed by atoms with E-state index in [1.165, 1.54) is 6.07 Å². The van der Waals surface area contributed by atoms with E-state index in [0.29, 0.717) is 5.69 Å². The zero-order valence-corrected chi connectivity index (χ0v) is 6.77. The summed E-state index contributed by atoms with van der Waals surface area (Å²) in [6, 6.07) is 10.1. The third-order valence-electron chi connectivity index (χ3n) is 1.41. The first-order valence-corrected chi connectivity index (χ1v) is 3.67. The molecule has 0 aliphatic carbocycles. The smallest absolute Gasteiger partial charge is 0.268 e. The molecule has 0 aromatic heterocycles. The zero-order valence-electron chi connectivity index (χ0n) is 6.77. The number of benzene rings is 1. The minimum atomic E-state index is -1.61. The number of carbonyl (C=O) groups excluding carboxylic acids is 1. The Labute approximate surface area is 75.4 Å². The maximum atomic E-state index is 11.0. The van der Waals surface area contributed by atoms with Gasteiger partial charge in [-0.1, -0.05) is 18.2 Å². The van der Waals surface area contributed by atoms with Crippen LogP contribution in [0.25, 0.3) is 0 Å². The van der Waals surface area contributed by atoms with Gasteiger partial charge >= 0.3 is 0 Å². The average Bonchev–Trinajstić information content (AvgIpc) is 2.18. The largest absolute Gasteiger partial charge is 0.370 e. The normalized spacial score (nSPS) is 11.4. The van der Waals surface area contributed by atoms with Crippen LogP contribution in [0, 0.1) is 11.3 Å². The molecule has 0 saturated heterocycles. The molecule has 1 amide bonds. The maximum Gasteiger partial charge on any atom is 0.268 e. The fourth-order valence-electron chi connectivity index (χ4n) is 0.791. The Kier molecular flexibility index (Phi) is 3.01. The predicted molar refractivity (Wildman–Crippen MR) is 46.7 cm³/mol. The van der Waals surface area contributed by atoms with Crippen LogP contribution >= 0.6 is 0 Å². The minimum absolute atomic E-state index is 0.557. The Bertz CT molecular complexity index is 329. The number of rotatable bonds is 2. The van der Waals surface area contributed by atoms with Gasteiger partial charge in [0.05, 0.1) is 0 Å². The minimum Gasteiger partial charge on any atom is -0.370 e. The predicted octanol–water partition coefficient (Wildman–Crippen LogP) is 0.510. The SMILES string of the molecule is N#CC(O)C(=O)Nc1ccccc1. The first kappa shape index (κ1) is 9.23. The number of aliphatic hydroxyl groups excluding tert-OH is 1. The van der Waals surface area contributed by atoms with Gasteiger partial charge in [0.1, 0.15) is 6.07 Å². The number of para-hydroxylation sites is 1. The van der Waals surface area contributed by atoms with Crippen molar-refractivity contribution in [1.29, 1.82) is 5.26 Å². The molecule has 0 saturated carbocycles. The third-order valence-corrected chi connectivity index (χ3v) is 1.41. The Morgan fingerprint density at radius 1 is 1.46 bits per heavy atom. The van der Waals surface area contributed by atoms with Gasteiger partial charge in [-0.2, -0.15) is 5.26 Å². The summed E-state index contributed by atoms with van der Waals surface area (Å²) in [5.41, 5.74) is 0.557. The lowest BCUT2D eigenvalue weighted by atomic mass is 10.3. The van der Waals surface area contributed by atoms with E-state index in [-0.39, 0.29) is 0 Å². The van der Waals surface area contributed by atoms with Gasteiger partial charge in [-0.05, 0) is 12.1 Å². The number of anilines is 1. The highest BCUT2D eigenvalue weighted by Crippen LogP contribution is 2.04. The zero-order chi connectivity index (χ0) is 9.68. The van der Waals surface area contributed by atoms with Crippen molar-refractivity contribution >= 4 is 11.6 Å². The molecule has 0 fully saturated rings.